The highest BCUT2D eigenvalue weighted by Gasteiger charge is 2.32. The van der Waals surface area contributed by atoms with E-state index in [1.54, 1.807) is 30.0 Å². The first-order chi connectivity index (χ1) is 11.6. The van der Waals surface area contributed by atoms with Crippen LogP contribution in [0.25, 0.3) is 12.2 Å². The summed E-state index contributed by atoms with van der Waals surface area (Å²) in [5, 5.41) is 11.1. The Hall–Kier alpha value is -3.17. The molecule has 1 aromatic heterocycles. The maximum Gasteiger partial charge on any atom is 0.431 e. The number of halogens is 3. The molecule has 2 aromatic rings. The van der Waals surface area contributed by atoms with Crippen LogP contribution in [-0.4, -0.2) is 29.0 Å². The van der Waals surface area contributed by atoms with Crippen LogP contribution in [0.5, 0.6) is 0 Å². The van der Waals surface area contributed by atoms with E-state index >= 15 is 0 Å². The molecule has 0 amide bonds. The van der Waals surface area contributed by atoms with Gasteiger partial charge in [-0.2, -0.15) is 18.2 Å². The SMILES string of the molecule is CN(C)c1ccc(/C=C/c2cc(C(F)(F)F)[nH]c(=O)n2)cc1[N+](=O)[O-]. The van der Waals surface area contributed by atoms with Gasteiger partial charge in [-0.25, -0.2) is 4.79 Å². The van der Waals surface area contributed by atoms with Crippen LogP contribution >= 0.6 is 0 Å². The van der Waals surface area contributed by atoms with Gasteiger partial charge in [0.1, 0.15) is 11.4 Å². The van der Waals surface area contributed by atoms with Crippen molar-refractivity contribution in [1.29, 1.82) is 0 Å². The highest BCUT2D eigenvalue weighted by Crippen LogP contribution is 2.29. The lowest BCUT2D eigenvalue weighted by atomic mass is 10.1. The quantitative estimate of drug-likeness (QED) is 0.673. The first-order valence-electron chi connectivity index (χ1n) is 6.90. The van der Waals surface area contributed by atoms with Gasteiger partial charge in [-0.1, -0.05) is 12.1 Å². The van der Waals surface area contributed by atoms with Gasteiger partial charge in [-0.05, 0) is 23.8 Å². The van der Waals surface area contributed by atoms with E-state index in [9.17, 15) is 28.1 Å². The van der Waals surface area contributed by atoms with E-state index in [1.807, 2.05) is 0 Å². The fourth-order valence-electron chi connectivity index (χ4n) is 2.06. The predicted molar refractivity (Wildman–Crippen MR) is 86.2 cm³/mol. The number of nitro benzene ring substituents is 1. The summed E-state index contributed by atoms with van der Waals surface area (Å²) in [6.07, 6.45) is -2.19. The normalized spacial score (nSPS) is 11.7. The molecule has 1 heterocycles. The van der Waals surface area contributed by atoms with Crippen LogP contribution in [0.15, 0.2) is 29.1 Å². The number of hydrogen-bond acceptors (Lipinski definition) is 5. The second kappa shape index (κ2) is 6.75. The van der Waals surface area contributed by atoms with Crippen molar-refractivity contribution in [3.8, 4) is 0 Å². The molecule has 0 spiro atoms. The van der Waals surface area contributed by atoms with Gasteiger partial charge >= 0.3 is 11.9 Å². The van der Waals surface area contributed by atoms with Crippen LogP contribution in [0.2, 0.25) is 0 Å². The highest BCUT2D eigenvalue weighted by atomic mass is 19.4. The molecule has 0 saturated carbocycles. The van der Waals surface area contributed by atoms with Crippen LogP contribution in [0.3, 0.4) is 0 Å². The molecule has 0 atom stereocenters. The van der Waals surface area contributed by atoms with E-state index in [2.05, 4.69) is 4.98 Å². The Morgan fingerprint density at radius 2 is 1.92 bits per heavy atom. The average Bonchev–Trinajstić information content (AvgIpc) is 2.51. The molecule has 1 N–H and O–H groups in total. The second-order valence-electron chi connectivity index (χ2n) is 5.26. The molecule has 0 radical (unpaired) electrons. The summed E-state index contributed by atoms with van der Waals surface area (Å²) in [6, 6.07) is 5.05. The maximum atomic E-state index is 12.7. The van der Waals surface area contributed by atoms with Gasteiger partial charge in [0.15, 0.2) is 0 Å². The lowest BCUT2D eigenvalue weighted by Crippen LogP contribution is -2.19. The number of hydrogen-bond donors (Lipinski definition) is 1. The Bertz CT molecular complexity index is 888. The van der Waals surface area contributed by atoms with Gasteiger partial charge in [0.05, 0.1) is 10.6 Å². The van der Waals surface area contributed by atoms with Crippen LogP contribution in [-0.2, 0) is 6.18 Å². The Morgan fingerprint density at radius 1 is 1.24 bits per heavy atom. The molecule has 0 fully saturated rings. The average molecular weight is 354 g/mol. The lowest BCUT2D eigenvalue weighted by molar-refractivity contribution is -0.384. The molecular weight excluding hydrogens is 341 g/mol. The van der Waals surface area contributed by atoms with Crippen LogP contribution < -0.4 is 10.6 Å². The lowest BCUT2D eigenvalue weighted by Gasteiger charge is -2.12. The molecular formula is C15H13F3N4O3. The number of nitrogens with one attached hydrogen (secondary N) is 1. The third-order valence-corrected chi connectivity index (χ3v) is 3.19. The topological polar surface area (TPSA) is 92.1 Å². The molecule has 1 aromatic carbocycles. The van der Waals surface area contributed by atoms with Crippen molar-refractivity contribution in [3.63, 3.8) is 0 Å². The number of benzene rings is 1. The minimum atomic E-state index is -4.71. The summed E-state index contributed by atoms with van der Waals surface area (Å²) in [6.45, 7) is 0. The zero-order valence-corrected chi connectivity index (χ0v) is 13.2. The zero-order valence-electron chi connectivity index (χ0n) is 13.2. The molecule has 0 aliphatic heterocycles. The van der Waals surface area contributed by atoms with E-state index in [-0.39, 0.29) is 11.4 Å². The largest absolute Gasteiger partial charge is 0.431 e. The number of aromatic amines is 1. The van der Waals surface area contributed by atoms with E-state index in [4.69, 9.17) is 0 Å². The first kappa shape index (κ1) is 18.2. The predicted octanol–water partition coefficient (Wildman–Crippen LogP) is 2.93. The molecule has 7 nitrogen and oxygen atoms in total. The van der Waals surface area contributed by atoms with Crippen molar-refractivity contribution in [3.05, 3.63) is 61.8 Å². The van der Waals surface area contributed by atoms with E-state index in [1.165, 1.54) is 24.3 Å². The summed E-state index contributed by atoms with van der Waals surface area (Å²) in [5.41, 5.74) is -1.95. The number of rotatable bonds is 4. The zero-order chi connectivity index (χ0) is 18.8. The molecule has 0 saturated heterocycles. The smallest absolute Gasteiger partial charge is 0.372 e. The summed E-state index contributed by atoms with van der Waals surface area (Å²) < 4.78 is 38.0. The monoisotopic (exact) mass is 354 g/mol. The van der Waals surface area contributed by atoms with Crippen molar-refractivity contribution in [2.45, 2.75) is 6.18 Å². The summed E-state index contributed by atoms with van der Waals surface area (Å²) in [7, 11) is 3.30. The Labute approximate surface area is 139 Å². The highest BCUT2D eigenvalue weighted by molar-refractivity contribution is 5.73. The maximum absolute atomic E-state index is 12.7. The van der Waals surface area contributed by atoms with Crippen molar-refractivity contribution in [2.24, 2.45) is 0 Å². The minimum absolute atomic E-state index is 0.151. The van der Waals surface area contributed by atoms with Gasteiger partial charge in [-0.3, -0.25) is 10.1 Å². The third kappa shape index (κ3) is 4.43. The van der Waals surface area contributed by atoms with Crippen LogP contribution in [0.1, 0.15) is 17.0 Å². The number of anilines is 1. The Morgan fingerprint density at radius 3 is 2.48 bits per heavy atom. The number of nitro groups is 1. The van der Waals surface area contributed by atoms with Crippen molar-refractivity contribution >= 4 is 23.5 Å². The summed E-state index contributed by atoms with van der Waals surface area (Å²) in [4.78, 5) is 28.4. The third-order valence-electron chi connectivity index (χ3n) is 3.19. The van der Waals surface area contributed by atoms with Gasteiger partial charge in [-0.15, -0.1) is 0 Å². The molecule has 10 heteroatoms. The van der Waals surface area contributed by atoms with Gasteiger partial charge in [0, 0.05) is 20.2 Å². The molecule has 0 bridgehead atoms. The van der Waals surface area contributed by atoms with Gasteiger partial charge < -0.3 is 9.88 Å². The molecule has 0 unspecified atom stereocenters. The molecule has 0 aliphatic rings. The summed E-state index contributed by atoms with van der Waals surface area (Å²) >= 11 is 0. The molecule has 132 valence electrons. The van der Waals surface area contributed by atoms with Crippen LogP contribution in [0.4, 0.5) is 24.5 Å². The van der Waals surface area contributed by atoms with Gasteiger partial charge in [0.25, 0.3) is 5.69 Å². The summed E-state index contributed by atoms with van der Waals surface area (Å²) in [5.74, 6) is 0. The number of alkyl halides is 3. The van der Waals surface area contributed by atoms with E-state index in [0.717, 1.165) is 0 Å². The van der Waals surface area contributed by atoms with E-state index in [0.29, 0.717) is 17.3 Å². The van der Waals surface area contributed by atoms with Crippen LogP contribution in [0, 0.1) is 10.1 Å². The van der Waals surface area contributed by atoms with Crippen molar-refractivity contribution in [1.82, 2.24) is 9.97 Å². The Kier molecular flexibility index (Phi) is 4.91. The van der Waals surface area contributed by atoms with E-state index < -0.39 is 22.5 Å². The van der Waals surface area contributed by atoms with Crippen molar-refractivity contribution < 1.29 is 18.1 Å². The fraction of sp³-hybridized carbons (Fsp3) is 0.200. The minimum Gasteiger partial charge on any atom is -0.372 e. The Balaban J connectivity index is 2.40. The fourth-order valence-corrected chi connectivity index (χ4v) is 2.06. The van der Waals surface area contributed by atoms with Crippen molar-refractivity contribution in [2.75, 3.05) is 19.0 Å². The number of H-pyrrole nitrogens is 1. The number of aromatic nitrogens is 2. The molecule has 0 aliphatic carbocycles. The molecule has 25 heavy (non-hydrogen) atoms. The second-order valence-corrected chi connectivity index (χ2v) is 5.26. The van der Waals surface area contributed by atoms with Gasteiger partial charge in [0.2, 0.25) is 0 Å². The molecule has 2 rings (SSSR count). The first-order valence-corrected chi connectivity index (χ1v) is 6.90. The number of nitrogens with zero attached hydrogens (tertiary/aromatic N) is 3. The standard InChI is InChI=1S/C15H13F3N4O3/c1-21(2)11-6-4-9(7-12(11)22(24)25)3-5-10-8-13(15(16,17)18)20-14(23)19-10/h3-8H,1-2H3,(H,19,20,23)/b5-3+.